The van der Waals surface area contributed by atoms with E-state index in [0.717, 1.165) is 45.3 Å². The first-order valence-corrected chi connectivity index (χ1v) is 10.7. The van der Waals surface area contributed by atoms with Gasteiger partial charge in [0.25, 0.3) is 0 Å². The molecule has 2 saturated heterocycles. The highest BCUT2D eigenvalue weighted by molar-refractivity contribution is 5.88. The van der Waals surface area contributed by atoms with Crippen LogP contribution in [0.4, 0.5) is 0 Å². The highest BCUT2D eigenvalue weighted by Crippen LogP contribution is 2.83. The molecule has 2 spiro atoms. The number of piperidine rings is 1. The summed E-state index contributed by atoms with van der Waals surface area (Å²) in [6.45, 7) is 6.30. The van der Waals surface area contributed by atoms with Crippen LogP contribution in [0.25, 0.3) is 0 Å². The Bertz CT molecular complexity index is 792. The average molecular weight is 355 g/mol. The number of hydrogen-bond donors (Lipinski definition) is 1. The number of fused-ring (bicyclic) bond motifs is 3. The van der Waals surface area contributed by atoms with Crippen LogP contribution in [0.15, 0.2) is 11.6 Å². The molecule has 0 aromatic carbocycles. The first-order chi connectivity index (χ1) is 12.4. The Balaban J connectivity index is 1.59. The number of carbonyl (C=O) groups is 1. The van der Waals surface area contributed by atoms with Crippen molar-refractivity contribution >= 4 is 5.78 Å². The zero-order valence-corrected chi connectivity index (χ0v) is 15.8. The van der Waals surface area contributed by atoms with Crippen molar-refractivity contribution in [2.24, 2.45) is 34.0 Å². The summed E-state index contributed by atoms with van der Waals surface area (Å²) in [7, 11) is 0. The van der Waals surface area contributed by atoms with E-state index in [0.29, 0.717) is 30.1 Å². The van der Waals surface area contributed by atoms with Gasteiger partial charge in [0.1, 0.15) is 12.0 Å². The number of nitrogens with zero attached hydrogens (tertiary/aromatic N) is 1. The maximum atomic E-state index is 13.7. The van der Waals surface area contributed by atoms with Crippen molar-refractivity contribution < 1.29 is 14.6 Å². The fourth-order valence-electron chi connectivity index (χ4n) is 10.1. The molecule has 9 atom stereocenters. The molecule has 0 radical (unpaired) electrons. The maximum absolute atomic E-state index is 13.7. The fraction of sp³-hybridized carbons (Fsp3) is 0.864. The maximum Gasteiger partial charge on any atom is 0.138 e. The van der Waals surface area contributed by atoms with Crippen LogP contribution in [0.3, 0.4) is 0 Å². The molecule has 140 valence electrons. The van der Waals surface area contributed by atoms with Crippen LogP contribution in [-0.2, 0) is 9.53 Å². The monoisotopic (exact) mass is 355 g/mol. The van der Waals surface area contributed by atoms with Gasteiger partial charge in [0, 0.05) is 41.2 Å². The van der Waals surface area contributed by atoms with Crippen LogP contribution in [0.5, 0.6) is 0 Å². The largest absolute Gasteiger partial charge is 0.388 e. The van der Waals surface area contributed by atoms with Crippen molar-refractivity contribution in [3.8, 4) is 0 Å². The van der Waals surface area contributed by atoms with Crippen LogP contribution in [0.2, 0.25) is 0 Å². The molecule has 1 N–H and O–H groups in total. The number of aliphatic hydroxyl groups is 1. The van der Waals surface area contributed by atoms with Gasteiger partial charge in [-0.25, -0.2) is 0 Å². The number of rotatable bonds is 0. The smallest absolute Gasteiger partial charge is 0.138 e. The Kier molecular flexibility index (Phi) is 2.35. The molecule has 4 nitrogen and oxygen atoms in total. The van der Waals surface area contributed by atoms with Gasteiger partial charge in [0.15, 0.2) is 0 Å². The summed E-state index contributed by atoms with van der Waals surface area (Å²) in [5.41, 5.74) is 0.0662. The zero-order chi connectivity index (χ0) is 17.7. The number of Topliss-reactive ketones (excluding diaryl/α,β-unsaturated/α-hetero) is 1. The third-order valence-electron chi connectivity index (χ3n) is 10.4. The van der Waals surface area contributed by atoms with E-state index in [1.54, 1.807) is 0 Å². The summed E-state index contributed by atoms with van der Waals surface area (Å²) in [6.07, 6.45) is 8.30. The fourth-order valence-corrected chi connectivity index (χ4v) is 10.1. The zero-order valence-electron chi connectivity index (χ0n) is 15.8. The van der Waals surface area contributed by atoms with Crippen LogP contribution in [0, 0.1) is 34.0 Å². The van der Waals surface area contributed by atoms with Gasteiger partial charge in [-0.2, -0.15) is 0 Å². The Morgan fingerprint density at radius 2 is 2.19 bits per heavy atom. The highest BCUT2D eigenvalue weighted by Gasteiger charge is 2.88. The summed E-state index contributed by atoms with van der Waals surface area (Å²) >= 11 is 0. The van der Waals surface area contributed by atoms with E-state index < -0.39 is 5.60 Å². The number of ketones is 1. The SMILES string of the molecule is CC1=C[C@]23CC(=O)[C@@H]4[C@]5(C)CCC[C@]46[C@@H]([C@H]2C[C@H]1C[C@@]63O)N1CCO[C@@H]15. The highest BCUT2D eigenvalue weighted by atomic mass is 16.5. The van der Waals surface area contributed by atoms with Gasteiger partial charge in [-0.1, -0.05) is 25.0 Å². The van der Waals surface area contributed by atoms with Gasteiger partial charge in [-0.3, -0.25) is 9.69 Å². The molecule has 0 amide bonds. The van der Waals surface area contributed by atoms with Crippen LogP contribution >= 0.6 is 0 Å². The third-order valence-corrected chi connectivity index (χ3v) is 10.4. The van der Waals surface area contributed by atoms with Gasteiger partial charge in [0.05, 0.1) is 12.2 Å². The van der Waals surface area contributed by atoms with Crippen LogP contribution in [-0.4, -0.2) is 46.8 Å². The molecule has 0 aromatic rings. The van der Waals surface area contributed by atoms with Gasteiger partial charge in [-0.15, -0.1) is 0 Å². The second kappa shape index (κ2) is 4.01. The van der Waals surface area contributed by atoms with E-state index in [2.05, 4.69) is 24.8 Å². The molecule has 2 aliphatic heterocycles. The minimum absolute atomic E-state index is 0.0122. The number of allylic oxidation sites excluding steroid dienone is 1. The molecule has 0 aromatic heterocycles. The first kappa shape index (κ1) is 15.2. The number of ether oxygens (including phenoxy) is 1. The standard InChI is InChI=1S/C22H29NO3/c1-12-9-20-11-15(24)16-19(2)4-3-5-21(16)17(23-6-7-26-18(19)23)14(20)8-13(12)10-22(20,21)25/h9,13-14,16-18,25H,3-8,10-11H2,1-2H3/t13-,14+,16+,17+,18+,19-,20-,21+,22-/m0/s1. The predicted molar refractivity (Wildman–Crippen MR) is 95.1 cm³/mol. The van der Waals surface area contributed by atoms with Crippen molar-refractivity contribution in [3.63, 3.8) is 0 Å². The predicted octanol–water partition coefficient (Wildman–Crippen LogP) is 2.51. The van der Waals surface area contributed by atoms with E-state index in [1.165, 1.54) is 5.57 Å². The molecule has 2 heterocycles. The topological polar surface area (TPSA) is 49.8 Å². The third kappa shape index (κ3) is 1.15. The molecular weight excluding hydrogens is 326 g/mol. The number of hydrogen-bond acceptors (Lipinski definition) is 4. The van der Waals surface area contributed by atoms with E-state index in [4.69, 9.17) is 4.74 Å². The molecule has 6 aliphatic carbocycles. The summed E-state index contributed by atoms with van der Waals surface area (Å²) in [5.74, 6) is 1.36. The lowest BCUT2D eigenvalue weighted by molar-refractivity contribution is -0.275. The van der Waals surface area contributed by atoms with Crippen molar-refractivity contribution in [2.45, 2.75) is 70.2 Å². The van der Waals surface area contributed by atoms with Gasteiger partial charge in [0.2, 0.25) is 0 Å². The molecule has 4 heteroatoms. The minimum atomic E-state index is -0.689. The Labute approximate surface area is 155 Å². The van der Waals surface area contributed by atoms with E-state index in [-0.39, 0.29) is 28.4 Å². The Morgan fingerprint density at radius 3 is 3.04 bits per heavy atom. The Hall–Kier alpha value is -0.710. The molecular formula is C22H29NO3. The normalized spacial score (nSPS) is 64.5. The lowest BCUT2D eigenvalue weighted by Crippen LogP contribution is -2.76. The molecule has 6 bridgehead atoms. The van der Waals surface area contributed by atoms with E-state index >= 15 is 0 Å². The van der Waals surface area contributed by atoms with Gasteiger partial charge < -0.3 is 9.84 Å². The van der Waals surface area contributed by atoms with Crippen molar-refractivity contribution in [1.82, 2.24) is 4.90 Å². The van der Waals surface area contributed by atoms with Crippen LogP contribution in [0.1, 0.15) is 52.4 Å². The van der Waals surface area contributed by atoms with E-state index in [1.807, 2.05) is 0 Å². The van der Waals surface area contributed by atoms with Gasteiger partial charge >= 0.3 is 0 Å². The molecule has 26 heavy (non-hydrogen) atoms. The lowest BCUT2D eigenvalue weighted by atomic mass is 9.38. The molecule has 6 fully saturated rings. The quantitative estimate of drug-likeness (QED) is 0.679. The Morgan fingerprint density at radius 1 is 1.35 bits per heavy atom. The molecule has 8 aliphatic rings. The summed E-state index contributed by atoms with van der Waals surface area (Å²) < 4.78 is 6.31. The second-order valence-electron chi connectivity index (χ2n) is 10.9. The summed E-state index contributed by atoms with van der Waals surface area (Å²) in [6, 6.07) is 0.333. The van der Waals surface area contributed by atoms with Crippen molar-refractivity contribution in [2.75, 3.05) is 13.2 Å². The average Bonchev–Trinajstić information content (AvgIpc) is 3.05. The number of carbonyl (C=O) groups excluding carboxylic acids is 1. The summed E-state index contributed by atoms with van der Waals surface area (Å²) in [4.78, 5) is 16.3. The summed E-state index contributed by atoms with van der Waals surface area (Å²) in [5, 5.41) is 12.5. The van der Waals surface area contributed by atoms with E-state index in [9.17, 15) is 9.90 Å². The molecule has 4 saturated carbocycles. The van der Waals surface area contributed by atoms with Crippen LogP contribution < -0.4 is 0 Å². The minimum Gasteiger partial charge on any atom is -0.388 e. The molecule has 0 unspecified atom stereocenters. The molecule has 8 rings (SSSR count). The first-order valence-electron chi connectivity index (χ1n) is 10.7. The lowest BCUT2D eigenvalue weighted by Gasteiger charge is -2.69. The van der Waals surface area contributed by atoms with Crippen molar-refractivity contribution in [1.29, 1.82) is 0 Å². The van der Waals surface area contributed by atoms with Gasteiger partial charge in [-0.05, 0) is 44.4 Å². The van der Waals surface area contributed by atoms with Crippen molar-refractivity contribution in [3.05, 3.63) is 11.6 Å². The second-order valence-corrected chi connectivity index (χ2v) is 10.9.